The monoisotopic (exact) mass is 394 g/mol. The third-order valence-corrected chi connectivity index (χ3v) is 5.28. The number of ether oxygens (including phenoxy) is 1. The molecule has 0 radical (unpaired) electrons. The summed E-state index contributed by atoms with van der Waals surface area (Å²) in [5.74, 6) is -0.0907. The van der Waals surface area contributed by atoms with Gasteiger partial charge >= 0.3 is 0 Å². The van der Waals surface area contributed by atoms with Gasteiger partial charge in [-0.15, -0.1) is 0 Å². The first-order valence-corrected chi connectivity index (χ1v) is 9.51. The number of aliphatic hydroxyl groups excluding tert-OH is 1. The van der Waals surface area contributed by atoms with Crippen LogP contribution < -0.4 is 4.74 Å². The molecule has 0 atom stereocenters. The third kappa shape index (κ3) is 3.89. The highest BCUT2D eigenvalue weighted by atomic mass is 16.5. The van der Waals surface area contributed by atoms with Crippen LogP contribution >= 0.6 is 0 Å². The maximum absolute atomic E-state index is 13.4. The number of likely N-dealkylation sites (N-methyl/N-ethyl adjacent to an activating group) is 1. The van der Waals surface area contributed by atoms with Gasteiger partial charge in [0, 0.05) is 19.2 Å². The third-order valence-electron chi connectivity index (χ3n) is 5.28. The van der Waals surface area contributed by atoms with Crippen LogP contribution in [0.1, 0.15) is 22.3 Å². The molecule has 2 aromatic carbocycles. The molecule has 1 aliphatic heterocycles. The van der Waals surface area contributed by atoms with Crippen molar-refractivity contribution in [2.75, 3.05) is 27.3 Å². The van der Waals surface area contributed by atoms with Crippen molar-refractivity contribution in [1.82, 2.24) is 9.80 Å². The number of carbonyl (C=O) groups is 2. The number of carbonyl (C=O) groups excluding carboxylic acids is 2. The van der Waals surface area contributed by atoms with Gasteiger partial charge in [-0.3, -0.25) is 14.5 Å². The zero-order valence-electron chi connectivity index (χ0n) is 17.2. The van der Waals surface area contributed by atoms with E-state index < -0.39 is 0 Å². The molecule has 6 nitrogen and oxygen atoms in total. The van der Waals surface area contributed by atoms with Gasteiger partial charge in [-0.05, 0) is 36.6 Å². The summed E-state index contributed by atoms with van der Waals surface area (Å²) < 4.78 is 5.37. The average molecular weight is 394 g/mol. The lowest BCUT2D eigenvalue weighted by Crippen LogP contribution is -2.34. The number of aliphatic hydroxyl groups is 1. The fourth-order valence-electron chi connectivity index (χ4n) is 3.48. The molecule has 0 fully saturated rings. The number of benzene rings is 2. The van der Waals surface area contributed by atoms with Crippen molar-refractivity contribution in [3.05, 3.63) is 70.4 Å². The molecule has 0 spiro atoms. The fraction of sp³-hybridized carbons (Fsp3) is 0.304. The van der Waals surface area contributed by atoms with Crippen molar-refractivity contribution in [2.24, 2.45) is 0 Å². The molecular weight excluding hydrogens is 368 g/mol. The number of rotatable bonds is 7. The van der Waals surface area contributed by atoms with Gasteiger partial charge in [-0.25, -0.2) is 0 Å². The van der Waals surface area contributed by atoms with Crippen LogP contribution in [-0.4, -0.2) is 54.0 Å². The highest BCUT2D eigenvalue weighted by molar-refractivity contribution is 6.35. The first-order chi connectivity index (χ1) is 13.9. The number of hydrogen-bond acceptors (Lipinski definition) is 5. The maximum Gasteiger partial charge on any atom is 0.278 e. The topological polar surface area (TPSA) is 70.1 Å². The van der Waals surface area contributed by atoms with E-state index in [9.17, 15) is 14.7 Å². The second kappa shape index (κ2) is 8.49. The van der Waals surface area contributed by atoms with Crippen LogP contribution in [-0.2, 0) is 16.1 Å². The van der Waals surface area contributed by atoms with E-state index in [-0.39, 0.29) is 31.5 Å². The van der Waals surface area contributed by atoms with Gasteiger partial charge in [-0.2, -0.15) is 0 Å². The Bertz CT molecular complexity index is 981. The van der Waals surface area contributed by atoms with Gasteiger partial charge < -0.3 is 14.7 Å². The Morgan fingerprint density at radius 2 is 1.76 bits per heavy atom. The first-order valence-electron chi connectivity index (χ1n) is 9.51. The highest BCUT2D eigenvalue weighted by Crippen LogP contribution is 2.33. The number of nitrogens with zero attached hydrogens (tertiary/aromatic N) is 2. The molecule has 2 amide bonds. The summed E-state index contributed by atoms with van der Waals surface area (Å²) in [4.78, 5) is 29.5. The molecule has 0 unspecified atom stereocenters. The van der Waals surface area contributed by atoms with E-state index in [2.05, 4.69) is 0 Å². The van der Waals surface area contributed by atoms with Crippen molar-refractivity contribution >= 4 is 17.4 Å². The maximum atomic E-state index is 13.4. The zero-order valence-corrected chi connectivity index (χ0v) is 17.2. The molecule has 0 aliphatic carbocycles. The van der Waals surface area contributed by atoms with Crippen LogP contribution in [0.25, 0.3) is 5.57 Å². The molecule has 6 heteroatoms. The SMILES string of the molecule is COc1ccccc1CN1C(=O)C(c2ccc(C)c(C)c2)=C(N(C)CCO)C1=O. The van der Waals surface area contributed by atoms with E-state index >= 15 is 0 Å². The van der Waals surface area contributed by atoms with Crippen molar-refractivity contribution in [3.8, 4) is 5.75 Å². The summed E-state index contributed by atoms with van der Waals surface area (Å²) in [6, 6.07) is 13.1. The van der Waals surface area contributed by atoms with E-state index in [0.717, 1.165) is 16.7 Å². The number of hydrogen-bond donors (Lipinski definition) is 1. The van der Waals surface area contributed by atoms with E-state index in [1.165, 1.54) is 4.90 Å². The summed E-state index contributed by atoms with van der Waals surface area (Å²) >= 11 is 0. The van der Waals surface area contributed by atoms with Crippen molar-refractivity contribution < 1.29 is 19.4 Å². The molecule has 0 bridgehead atoms. The number of aryl methyl sites for hydroxylation is 2. The smallest absolute Gasteiger partial charge is 0.278 e. The molecule has 3 rings (SSSR count). The number of para-hydroxylation sites is 1. The second-order valence-corrected chi connectivity index (χ2v) is 7.18. The van der Waals surface area contributed by atoms with Gasteiger partial charge in [0.1, 0.15) is 11.4 Å². The molecule has 0 aromatic heterocycles. The number of imide groups is 1. The first kappa shape index (κ1) is 20.6. The molecule has 0 saturated heterocycles. The zero-order chi connectivity index (χ0) is 21.1. The molecule has 29 heavy (non-hydrogen) atoms. The lowest BCUT2D eigenvalue weighted by Gasteiger charge is -2.21. The lowest BCUT2D eigenvalue weighted by atomic mass is 9.99. The summed E-state index contributed by atoms with van der Waals surface area (Å²) in [6.45, 7) is 4.23. The predicted molar refractivity (Wildman–Crippen MR) is 111 cm³/mol. The summed E-state index contributed by atoms with van der Waals surface area (Å²) in [6.07, 6.45) is 0. The van der Waals surface area contributed by atoms with Gasteiger partial charge in [0.2, 0.25) is 0 Å². The Morgan fingerprint density at radius 3 is 2.41 bits per heavy atom. The Balaban J connectivity index is 2.05. The van der Waals surface area contributed by atoms with Crippen LogP contribution in [0.15, 0.2) is 48.2 Å². The van der Waals surface area contributed by atoms with E-state index in [4.69, 9.17) is 4.74 Å². The molecule has 1 N–H and O–H groups in total. The standard InChI is InChI=1S/C23H26N2O4/c1-15-9-10-17(13-16(15)2)20-21(24(3)11-12-26)23(28)25(22(20)27)14-18-7-5-6-8-19(18)29-4/h5-10,13,26H,11-12,14H2,1-4H3. The summed E-state index contributed by atoms with van der Waals surface area (Å²) in [7, 11) is 3.27. The van der Waals surface area contributed by atoms with Crippen LogP contribution in [0.4, 0.5) is 0 Å². The van der Waals surface area contributed by atoms with Crippen molar-refractivity contribution in [2.45, 2.75) is 20.4 Å². The second-order valence-electron chi connectivity index (χ2n) is 7.18. The molecule has 1 heterocycles. The Morgan fingerprint density at radius 1 is 1.03 bits per heavy atom. The van der Waals surface area contributed by atoms with Gasteiger partial charge in [0.05, 0.1) is 25.8 Å². The number of methoxy groups -OCH3 is 1. The van der Waals surface area contributed by atoms with Crippen molar-refractivity contribution in [3.63, 3.8) is 0 Å². The quantitative estimate of drug-likeness (QED) is 0.731. The molecule has 0 saturated carbocycles. The molecule has 1 aliphatic rings. The lowest BCUT2D eigenvalue weighted by molar-refractivity contribution is -0.138. The van der Waals surface area contributed by atoms with E-state index in [1.807, 2.05) is 50.2 Å². The summed E-state index contributed by atoms with van der Waals surface area (Å²) in [5.41, 5.74) is 4.28. The Kier molecular flexibility index (Phi) is 6.03. The minimum absolute atomic E-state index is 0.117. The fourth-order valence-corrected chi connectivity index (χ4v) is 3.48. The van der Waals surface area contributed by atoms with Crippen LogP contribution in [0, 0.1) is 13.8 Å². The largest absolute Gasteiger partial charge is 0.496 e. The van der Waals surface area contributed by atoms with Gasteiger partial charge in [0.15, 0.2) is 0 Å². The van der Waals surface area contributed by atoms with E-state index in [1.54, 1.807) is 25.1 Å². The van der Waals surface area contributed by atoms with Crippen LogP contribution in [0.3, 0.4) is 0 Å². The summed E-state index contributed by atoms with van der Waals surface area (Å²) in [5, 5.41) is 9.37. The minimum atomic E-state index is -0.370. The molecule has 152 valence electrons. The van der Waals surface area contributed by atoms with Gasteiger partial charge in [0.25, 0.3) is 11.8 Å². The van der Waals surface area contributed by atoms with E-state index in [0.29, 0.717) is 22.6 Å². The van der Waals surface area contributed by atoms with Crippen LogP contribution in [0.5, 0.6) is 5.75 Å². The normalized spacial score (nSPS) is 14.0. The molecule has 2 aromatic rings. The van der Waals surface area contributed by atoms with Crippen LogP contribution in [0.2, 0.25) is 0 Å². The highest BCUT2D eigenvalue weighted by Gasteiger charge is 2.41. The molecular formula is C23H26N2O4. The average Bonchev–Trinajstić information content (AvgIpc) is 2.95. The minimum Gasteiger partial charge on any atom is -0.496 e. The Hall–Kier alpha value is -3.12. The van der Waals surface area contributed by atoms with Crippen molar-refractivity contribution in [1.29, 1.82) is 0 Å². The van der Waals surface area contributed by atoms with Gasteiger partial charge in [-0.1, -0.05) is 36.4 Å². The Labute approximate surface area is 171 Å². The number of amides is 2. The predicted octanol–water partition coefficient (Wildman–Crippen LogP) is 2.52.